The number of amides is 1. The fraction of sp³-hybridized carbons (Fsp3) is 0.417. The number of carbonyl (C=O) groups excluding carboxylic acids is 1. The maximum absolute atomic E-state index is 14.5. The number of hydrogen-bond acceptors (Lipinski definition) is 6. The Morgan fingerprint density at radius 1 is 1.31 bits per heavy atom. The number of aromatic nitrogens is 3. The van der Waals surface area contributed by atoms with Gasteiger partial charge in [0.2, 0.25) is 5.91 Å². The quantitative estimate of drug-likeness (QED) is 0.571. The van der Waals surface area contributed by atoms with Crippen LogP contribution in [-0.2, 0) is 28.7 Å². The maximum Gasteiger partial charge on any atom is 0.277 e. The van der Waals surface area contributed by atoms with Gasteiger partial charge in [0.05, 0.1) is 23.2 Å². The summed E-state index contributed by atoms with van der Waals surface area (Å²) in [5, 5.41) is 3.37. The van der Waals surface area contributed by atoms with Crippen LogP contribution < -0.4 is 10.9 Å². The molecule has 8 nitrogen and oxygen atoms in total. The number of hydrogen-bond donors (Lipinski definition) is 1. The van der Waals surface area contributed by atoms with E-state index in [1.165, 1.54) is 30.7 Å². The van der Waals surface area contributed by atoms with Crippen LogP contribution in [0.4, 0.5) is 19.0 Å². The van der Waals surface area contributed by atoms with Gasteiger partial charge < -0.3 is 19.5 Å². The summed E-state index contributed by atoms with van der Waals surface area (Å²) in [4.78, 5) is 35.6. The molecule has 35 heavy (non-hydrogen) atoms. The predicted molar refractivity (Wildman–Crippen MR) is 124 cm³/mol. The second-order valence-electron chi connectivity index (χ2n) is 8.64. The van der Waals surface area contributed by atoms with Crippen LogP contribution in [0.1, 0.15) is 42.4 Å². The maximum atomic E-state index is 14.5. The molecule has 0 saturated carbocycles. The number of ether oxygens (including phenoxy) is 1. The molecule has 1 atom stereocenters. The molecule has 1 N–H and O–H groups in total. The number of fused-ring (bicyclic) bond motifs is 1. The number of nitrogens with one attached hydrogen (secondary N) is 1. The molecule has 1 amide bonds. The molecule has 0 radical (unpaired) electrons. The van der Waals surface area contributed by atoms with Gasteiger partial charge in [-0.3, -0.25) is 9.59 Å². The van der Waals surface area contributed by atoms with Gasteiger partial charge in [0.1, 0.15) is 28.6 Å². The predicted octanol–water partition coefficient (Wildman–Crippen LogP) is 3.42. The number of halogens is 3. The summed E-state index contributed by atoms with van der Waals surface area (Å²) in [7, 11) is 3.14. The van der Waals surface area contributed by atoms with Crippen LogP contribution in [0, 0.1) is 12.7 Å². The van der Waals surface area contributed by atoms with Crippen molar-refractivity contribution in [2.75, 3.05) is 25.5 Å². The van der Waals surface area contributed by atoms with Gasteiger partial charge in [0.25, 0.3) is 12.0 Å². The fourth-order valence-corrected chi connectivity index (χ4v) is 4.57. The zero-order chi connectivity index (χ0) is 25.5. The minimum absolute atomic E-state index is 0.0394. The topological polar surface area (TPSA) is 89.3 Å². The molecular formula is C24H26F3N5O3. The summed E-state index contributed by atoms with van der Waals surface area (Å²) in [5.74, 6) is -0.503. The second kappa shape index (κ2) is 9.29. The van der Waals surface area contributed by atoms with Crippen molar-refractivity contribution in [3.63, 3.8) is 0 Å². The van der Waals surface area contributed by atoms with Crippen molar-refractivity contribution >= 4 is 22.6 Å². The van der Waals surface area contributed by atoms with Crippen molar-refractivity contribution in [3.05, 3.63) is 63.1 Å². The van der Waals surface area contributed by atoms with Gasteiger partial charge >= 0.3 is 0 Å². The molecule has 186 valence electrons. The van der Waals surface area contributed by atoms with Gasteiger partial charge in [-0.15, -0.1) is 0 Å². The summed E-state index contributed by atoms with van der Waals surface area (Å²) >= 11 is 0. The van der Waals surface area contributed by atoms with Gasteiger partial charge in [0.15, 0.2) is 0 Å². The van der Waals surface area contributed by atoms with Crippen LogP contribution in [-0.4, -0.2) is 45.5 Å². The van der Waals surface area contributed by atoms with Crippen molar-refractivity contribution in [2.24, 2.45) is 7.05 Å². The van der Waals surface area contributed by atoms with E-state index in [4.69, 9.17) is 4.74 Å². The molecular weight excluding hydrogens is 463 g/mol. The largest absolute Gasteiger partial charge is 0.370 e. The highest BCUT2D eigenvalue weighted by atomic mass is 19.3. The minimum Gasteiger partial charge on any atom is -0.370 e. The van der Waals surface area contributed by atoms with Crippen molar-refractivity contribution in [1.29, 1.82) is 0 Å². The molecule has 3 aromatic rings. The van der Waals surface area contributed by atoms with Crippen molar-refractivity contribution in [1.82, 2.24) is 19.4 Å². The zero-order valence-corrected chi connectivity index (χ0v) is 19.9. The molecule has 1 unspecified atom stereocenters. The molecule has 1 aromatic carbocycles. The molecule has 0 aliphatic carbocycles. The molecule has 0 spiro atoms. The Kier molecular flexibility index (Phi) is 6.54. The Morgan fingerprint density at radius 3 is 2.69 bits per heavy atom. The normalized spacial score (nSPS) is 18.0. The summed E-state index contributed by atoms with van der Waals surface area (Å²) < 4.78 is 48.1. The van der Waals surface area contributed by atoms with Crippen molar-refractivity contribution in [2.45, 2.75) is 38.8 Å². The number of alkyl halides is 2. The van der Waals surface area contributed by atoms with E-state index in [9.17, 15) is 22.8 Å². The molecule has 1 fully saturated rings. The van der Waals surface area contributed by atoms with E-state index in [2.05, 4.69) is 15.3 Å². The van der Waals surface area contributed by atoms with Gasteiger partial charge in [0, 0.05) is 46.2 Å². The van der Waals surface area contributed by atoms with E-state index in [1.807, 2.05) is 0 Å². The van der Waals surface area contributed by atoms with E-state index >= 15 is 0 Å². The highest BCUT2D eigenvalue weighted by Crippen LogP contribution is 2.36. The molecule has 11 heteroatoms. The molecule has 1 saturated heterocycles. The third-order valence-electron chi connectivity index (χ3n) is 6.53. The average molecular weight is 489 g/mol. The molecule has 0 bridgehead atoms. The smallest absolute Gasteiger partial charge is 0.277 e. The lowest BCUT2D eigenvalue weighted by Crippen LogP contribution is -2.39. The number of likely N-dealkylation sites (tertiary alicyclic amines) is 1. The van der Waals surface area contributed by atoms with E-state index in [0.717, 1.165) is 6.07 Å². The summed E-state index contributed by atoms with van der Waals surface area (Å²) in [5.41, 5.74) is -1.23. The van der Waals surface area contributed by atoms with Gasteiger partial charge in [-0.05, 0) is 13.0 Å². The number of rotatable bonds is 6. The number of pyridine rings is 1. The lowest BCUT2D eigenvalue weighted by molar-refractivity contribution is -0.129. The zero-order valence-electron chi connectivity index (χ0n) is 19.9. The highest BCUT2D eigenvalue weighted by molar-refractivity contribution is 5.89. The monoisotopic (exact) mass is 489 g/mol. The number of methoxy groups -OCH3 is 1. The Hall–Kier alpha value is -3.47. The lowest BCUT2D eigenvalue weighted by atomic mass is 9.96. The number of benzene rings is 1. The molecule has 1 aliphatic heterocycles. The average Bonchev–Trinajstić information content (AvgIpc) is 3.27. The van der Waals surface area contributed by atoms with E-state index < -0.39 is 23.4 Å². The van der Waals surface area contributed by atoms with Crippen molar-refractivity contribution in [3.8, 4) is 0 Å². The first kappa shape index (κ1) is 24.6. The van der Waals surface area contributed by atoms with Gasteiger partial charge in [-0.1, -0.05) is 18.2 Å². The first-order valence-corrected chi connectivity index (χ1v) is 11.1. The Morgan fingerprint density at radius 2 is 2.06 bits per heavy atom. The standard InChI is InChI=1S/C24H26F3N5O3/c1-13-29-20-17(22(30-13)28-11-15-6-5-7-16(19(15)25)21(26)27)10-18(31(3)23(20)34)24(35-4)8-9-32(12-24)14(2)33/h5-7,10,21H,8-9,11-12H2,1-4H3,(H,28,29,30). The first-order chi connectivity index (χ1) is 16.6. The molecule has 2 aromatic heterocycles. The second-order valence-corrected chi connectivity index (χ2v) is 8.64. The van der Waals surface area contributed by atoms with Gasteiger partial charge in [-0.25, -0.2) is 23.1 Å². The van der Waals surface area contributed by atoms with E-state index in [1.54, 1.807) is 24.9 Å². The first-order valence-electron chi connectivity index (χ1n) is 11.1. The molecule has 3 heterocycles. The number of anilines is 1. The van der Waals surface area contributed by atoms with Crippen LogP contribution in [0.2, 0.25) is 0 Å². The van der Waals surface area contributed by atoms with Crippen molar-refractivity contribution < 1.29 is 22.7 Å². The van der Waals surface area contributed by atoms with Gasteiger partial charge in [-0.2, -0.15) is 0 Å². The number of carbonyl (C=O) groups is 1. The third kappa shape index (κ3) is 4.36. The Balaban J connectivity index is 1.80. The van der Waals surface area contributed by atoms with Crippen LogP contribution in [0.15, 0.2) is 29.1 Å². The number of aryl methyl sites for hydroxylation is 1. The fourth-order valence-electron chi connectivity index (χ4n) is 4.57. The van der Waals surface area contributed by atoms with Crippen LogP contribution in [0.5, 0.6) is 0 Å². The summed E-state index contributed by atoms with van der Waals surface area (Å²) in [6.45, 7) is 3.72. The SMILES string of the molecule is COC1(c2cc3c(NCc4cccc(C(F)F)c4F)nc(C)nc3c(=O)n2C)CCN(C(C)=O)C1. The third-order valence-corrected chi connectivity index (χ3v) is 6.53. The summed E-state index contributed by atoms with van der Waals surface area (Å²) in [6, 6.07) is 5.54. The highest BCUT2D eigenvalue weighted by Gasteiger charge is 2.43. The van der Waals surface area contributed by atoms with Crippen LogP contribution >= 0.6 is 0 Å². The molecule has 4 rings (SSSR count). The van der Waals surface area contributed by atoms with Crippen LogP contribution in [0.3, 0.4) is 0 Å². The molecule has 1 aliphatic rings. The number of nitrogens with zero attached hydrogens (tertiary/aromatic N) is 4. The minimum atomic E-state index is -2.94. The summed E-state index contributed by atoms with van der Waals surface area (Å²) in [6.07, 6.45) is -2.45. The Labute approximate surface area is 199 Å². The Bertz CT molecular complexity index is 1360. The van der Waals surface area contributed by atoms with Crippen LogP contribution in [0.25, 0.3) is 10.9 Å². The van der Waals surface area contributed by atoms with E-state index in [0.29, 0.717) is 29.9 Å². The lowest BCUT2D eigenvalue weighted by Gasteiger charge is -2.30. The van der Waals surface area contributed by atoms with E-state index in [-0.39, 0.29) is 41.5 Å².